The number of ether oxygens (including phenoxy) is 1. The Balaban J connectivity index is 1.57. The Morgan fingerprint density at radius 1 is 1.03 bits per heavy atom. The smallest absolute Gasteiger partial charge is 0.337 e. The highest BCUT2D eigenvalue weighted by Gasteiger charge is 2.21. The standard InChI is InChI=1S/C29H25N7O3/c1-18-26(20-5-4-6-21(29(37)38)28(20)35-27(18)23-7-2-3-8-32-23)34-24-13-25(36-9-11-39-12-10-36)33-16-22(24)19-14-30-17-31-15-19/h2-8,13-17H,9-12H2,1H3,(H,37,38)(H,33,34,35). The Morgan fingerprint density at radius 3 is 2.59 bits per heavy atom. The summed E-state index contributed by atoms with van der Waals surface area (Å²) in [5, 5.41) is 14.3. The molecule has 0 radical (unpaired) electrons. The number of morpholine rings is 1. The molecule has 194 valence electrons. The maximum Gasteiger partial charge on any atom is 0.337 e. The van der Waals surface area contributed by atoms with E-state index in [1.54, 1.807) is 30.7 Å². The van der Waals surface area contributed by atoms with Crippen LogP contribution in [-0.4, -0.2) is 62.3 Å². The number of carboxylic acid groups (broad SMARTS) is 1. The molecule has 1 aromatic carbocycles. The molecule has 6 rings (SSSR count). The Kier molecular flexibility index (Phi) is 6.52. The summed E-state index contributed by atoms with van der Waals surface area (Å²) in [6.45, 7) is 4.71. The number of pyridine rings is 3. The van der Waals surface area contributed by atoms with E-state index in [1.165, 1.54) is 6.33 Å². The van der Waals surface area contributed by atoms with E-state index in [1.807, 2.05) is 43.5 Å². The summed E-state index contributed by atoms with van der Waals surface area (Å²) in [5.74, 6) is -0.232. The fourth-order valence-electron chi connectivity index (χ4n) is 4.78. The van der Waals surface area contributed by atoms with Crippen molar-refractivity contribution in [1.82, 2.24) is 24.9 Å². The number of aromatic nitrogens is 5. The molecule has 0 bridgehead atoms. The molecular formula is C29H25N7O3. The van der Waals surface area contributed by atoms with Gasteiger partial charge in [0.2, 0.25) is 0 Å². The number of para-hydroxylation sites is 1. The van der Waals surface area contributed by atoms with Gasteiger partial charge in [-0.1, -0.05) is 18.2 Å². The molecule has 0 saturated carbocycles. The summed E-state index contributed by atoms with van der Waals surface area (Å²) < 4.78 is 5.53. The molecule has 0 spiro atoms. The molecule has 1 aliphatic rings. The first kappa shape index (κ1) is 24.4. The molecular weight excluding hydrogens is 494 g/mol. The number of benzene rings is 1. The minimum absolute atomic E-state index is 0.119. The van der Waals surface area contributed by atoms with Gasteiger partial charge in [0, 0.05) is 66.0 Å². The third-order valence-corrected chi connectivity index (χ3v) is 6.75. The number of nitrogens with zero attached hydrogens (tertiary/aromatic N) is 6. The topological polar surface area (TPSA) is 126 Å². The summed E-state index contributed by atoms with van der Waals surface area (Å²) in [7, 11) is 0. The van der Waals surface area contributed by atoms with Crippen molar-refractivity contribution in [2.24, 2.45) is 0 Å². The van der Waals surface area contributed by atoms with Crippen LogP contribution in [0.25, 0.3) is 33.4 Å². The number of hydrogen-bond acceptors (Lipinski definition) is 9. The van der Waals surface area contributed by atoms with Crippen LogP contribution >= 0.6 is 0 Å². The lowest BCUT2D eigenvalue weighted by Crippen LogP contribution is -2.36. The van der Waals surface area contributed by atoms with Crippen molar-refractivity contribution >= 4 is 34.1 Å². The van der Waals surface area contributed by atoms with Gasteiger partial charge in [0.1, 0.15) is 12.1 Å². The predicted molar refractivity (Wildman–Crippen MR) is 148 cm³/mol. The number of carbonyl (C=O) groups is 1. The van der Waals surface area contributed by atoms with Crippen LogP contribution in [0.2, 0.25) is 0 Å². The number of nitrogens with one attached hydrogen (secondary N) is 1. The quantitative estimate of drug-likeness (QED) is 0.325. The fraction of sp³-hybridized carbons (Fsp3) is 0.172. The molecule has 1 aliphatic heterocycles. The van der Waals surface area contributed by atoms with Crippen molar-refractivity contribution < 1.29 is 14.6 Å². The number of carboxylic acids is 1. The maximum atomic E-state index is 12.2. The van der Waals surface area contributed by atoms with E-state index >= 15 is 0 Å². The van der Waals surface area contributed by atoms with E-state index in [0.29, 0.717) is 35.5 Å². The van der Waals surface area contributed by atoms with Crippen LogP contribution in [0.5, 0.6) is 0 Å². The lowest BCUT2D eigenvalue weighted by Gasteiger charge is -2.28. The lowest BCUT2D eigenvalue weighted by atomic mass is 10.0. The van der Waals surface area contributed by atoms with E-state index in [0.717, 1.165) is 47.0 Å². The average Bonchev–Trinajstić information content (AvgIpc) is 2.99. The second-order valence-electron chi connectivity index (χ2n) is 9.12. The van der Waals surface area contributed by atoms with Gasteiger partial charge in [0.25, 0.3) is 0 Å². The Hall–Kier alpha value is -4.96. The predicted octanol–water partition coefficient (Wildman–Crippen LogP) is 4.74. The van der Waals surface area contributed by atoms with Crippen molar-refractivity contribution in [2.75, 3.05) is 36.5 Å². The molecule has 0 aliphatic carbocycles. The van der Waals surface area contributed by atoms with Gasteiger partial charge in [0.05, 0.1) is 47.1 Å². The van der Waals surface area contributed by atoms with Crippen molar-refractivity contribution in [3.63, 3.8) is 0 Å². The zero-order chi connectivity index (χ0) is 26.8. The van der Waals surface area contributed by atoms with Gasteiger partial charge < -0.3 is 20.1 Å². The van der Waals surface area contributed by atoms with Gasteiger partial charge in [-0.2, -0.15) is 0 Å². The number of fused-ring (bicyclic) bond motifs is 1. The van der Waals surface area contributed by atoms with Gasteiger partial charge in [-0.25, -0.2) is 24.7 Å². The van der Waals surface area contributed by atoms with E-state index in [4.69, 9.17) is 14.7 Å². The van der Waals surface area contributed by atoms with E-state index < -0.39 is 5.97 Å². The number of anilines is 3. The summed E-state index contributed by atoms with van der Waals surface area (Å²) in [6, 6.07) is 12.8. The van der Waals surface area contributed by atoms with Crippen LogP contribution in [0.4, 0.5) is 17.2 Å². The molecule has 10 heteroatoms. The molecule has 0 amide bonds. The van der Waals surface area contributed by atoms with Crippen LogP contribution in [0.3, 0.4) is 0 Å². The minimum atomic E-state index is -1.05. The molecule has 1 fully saturated rings. The zero-order valence-electron chi connectivity index (χ0n) is 21.2. The van der Waals surface area contributed by atoms with E-state index in [9.17, 15) is 9.90 Å². The molecule has 0 atom stereocenters. The molecule has 1 saturated heterocycles. The summed E-state index contributed by atoms with van der Waals surface area (Å²) in [5.41, 5.74) is 5.72. The van der Waals surface area contributed by atoms with Gasteiger partial charge in [0.15, 0.2) is 0 Å². The third kappa shape index (κ3) is 4.73. The van der Waals surface area contributed by atoms with E-state index in [2.05, 4.69) is 25.2 Å². The highest BCUT2D eigenvalue weighted by atomic mass is 16.5. The summed E-state index contributed by atoms with van der Waals surface area (Å²) in [6.07, 6.45) is 8.47. The Morgan fingerprint density at radius 2 is 1.85 bits per heavy atom. The maximum absolute atomic E-state index is 12.2. The van der Waals surface area contributed by atoms with Crippen LogP contribution in [0.1, 0.15) is 15.9 Å². The Labute approximate surface area is 224 Å². The minimum Gasteiger partial charge on any atom is -0.478 e. The first-order chi connectivity index (χ1) is 19.1. The van der Waals surface area contributed by atoms with Gasteiger partial charge in [-0.3, -0.25) is 4.98 Å². The van der Waals surface area contributed by atoms with Crippen LogP contribution in [0.15, 0.2) is 73.6 Å². The van der Waals surface area contributed by atoms with E-state index in [-0.39, 0.29) is 5.56 Å². The number of rotatable bonds is 6. The van der Waals surface area contributed by atoms with Crippen molar-refractivity contribution in [2.45, 2.75) is 6.92 Å². The molecule has 0 unspecified atom stereocenters. The average molecular weight is 520 g/mol. The summed E-state index contributed by atoms with van der Waals surface area (Å²) >= 11 is 0. The normalized spacial score (nSPS) is 13.4. The largest absolute Gasteiger partial charge is 0.478 e. The fourth-order valence-corrected chi connectivity index (χ4v) is 4.78. The molecule has 5 aromatic rings. The van der Waals surface area contributed by atoms with Crippen LogP contribution in [0, 0.1) is 6.92 Å². The molecule has 5 heterocycles. The number of hydrogen-bond donors (Lipinski definition) is 2. The van der Waals surface area contributed by atoms with Crippen molar-refractivity contribution in [3.05, 3.63) is 84.7 Å². The first-order valence-electron chi connectivity index (χ1n) is 12.5. The van der Waals surface area contributed by atoms with Crippen LogP contribution < -0.4 is 10.2 Å². The highest BCUT2D eigenvalue weighted by Crippen LogP contribution is 2.39. The Bertz CT molecular complexity index is 1660. The van der Waals surface area contributed by atoms with Gasteiger partial charge >= 0.3 is 5.97 Å². The van der Waals surface area contributed by atoms with Crippen molar-refractivity contribution in [3.8, 4) is 22.5 Å². The molecule has 2 N–H and O–H groups in total. The highest BCUT2D eigenvalue weighted by molar-refractivity contribution is 6.08. The lowest BCUT2D eigenvalue weighted by molar-refractivity contribution is 0.0699. The second kappa shape index (κ2) is 10.4. The van der Waals surface area contributed by atoms with Crippen LogP contribution in [-0.2, 0) is 4.74 Å². The first-order valence-corrected chi connectivity index (χ1v) is 12.5. The monoisotopic (exact) mass is 519 g/mol. The van der Waals surface area contributed by atoms with Gasteiger partial charge in [-0.05, 0) is 25.1 Å². The second-order valence-corrected chi connectivity index (χ2v) is 9.12. The zero-order valence-corrected chi connectivity index (χ0v) is 21.2. The third-order valence-electron chi connectivity index (χ3n) is 6.75. The summed E-state index contributed by atoms with van der Waals surface area (Å²) in [4.78, 5) is 36.8. The van der Waals surface area contributed by atoms with Crippen molar-refractivity contribution in [1.29, 1.82) is 0 Å². The molecule has 39 heavy (non-hydrogen) atoms. The molecule has 10 nitrogen and oxygen atoms in total. The number of aromatic carboxylic acids is 1. The molecule has 4 aromatic heterocycles. The SMILES string of the molecule is Cc1c(-c2ccccn2)nc2c(C(=O)O)cccc2c1Nc1cc(N2CCOCC2)ncc1-c1cncnc1. The van der Waals surface area contributed by atoms with Gasteiger partial charge in [-0.15, -0.1) is 0 Å².